The molecule has 0 aromatic heterocycles. The van der Waals surface area contributed by atoms with Crippen LogP contribution < -0.4 is 0 Å². The van der Waals surface area contributed by atoms with E-state index in [2.05, 4.69) is 4.90 Å². The van der Waals surface area contributed by atoms with Crippen LogP contribution in [0.2, 0.25) is 0 Å². The summed E-state index contributed by atoms with van der Waals surface area (Å²) < 4.78 is 22.6. The number of nitrogens with zero attached hydrogens (tertiary/aromatic N) is 1. The molecule has 2 unspecified atom stereocenters. The molecule has 2 aliphatic rings. The van der Waals surface area contributed by atoms with Gasteiger partial charge in [0.25, 0.3) is 0 Å². The predicted octanol–water partition coefficient (Wildman–Crippen LogP) is 0.268. The number of hydrogen-bond acceptors (Lipinski definition) is 4. The Kier molecular flexibility index (Phi) is 3.87. The molecule has 2 rings (SSSR count). The number of sulfone groups is 1. The lowest BCUT2D eigenvalue weighted by Crippen LogP contribution is -2.45. The third-order valence-corrected chi connectivity index (χ3v) is 5.41. The summed E-state index contributed by atoms with van der Waals surface area (Å²) in [4.78, 5) is 2.19. The van der Waals surface area contributed by atoms with Gasteiger partial charge in [-0.3, -0.25) is 0 Å². The van der Waals surface area contributed by atoms with Crippen molar-refractivity contribution < 1.29 is 13.5 Å². The van der Waals surface area contributed by atoms with Crippen LogP contribution >= 0.6 is 0 Å². The van der Waals surface area contributed by atoms with Crippen LogP contribution in [0.3, 0.4) is 0 Å². The minimum Gasteiger partial charge on any atom is -0.393 e. The molecular weight excluding hydrogens is 226 g/mol. The number of hydrogen-bond donors (Lipinski definition) is 1. The smallest absolute Gasteiger partial charge is 0.152 e. The quantitative estimate of drug-likeness (QED) is 0.761. The Morgan fingerprint density at radius 2 is 1.75 bits per heavy atom. The highest BCUT2D eigenvalue weighted by molar-refractivity contribution is 7.91. The summed E-state index contributed by atoms with van der Waals surface area (Å²) in [5, 5.41) is 9.86. The Labute approximate surface area is 97.6 Å². The molecule has 1 N–H and O–H groups in total. The maximum atomic E-state index is 11.3. The fraction of sp³-hybridized carbons (Fsp3) is 1.00. The maximum absolute atomic E-state index is 11.3. The van der Waals surface area contributed by atoms with Gasteiger partial charge in [0, 0.05) is 19.6 Å². The maximum Gasteiger partial charge on any atom is 0.152 e. The number of aliphatic hydroxyl groups is 1. The van der Waals surface area contributed by atoms with Crippen LogP contribution in [0.15, 0.2) is 0 Å². The Morgan fingerprint density at radius 3 is 2.38 bits per heavy atom. The third kappa shape index (κ3) is 3.18. The second-order valence-corrected chi connectivity index (χ2v) is 7.37. The molecule has 0 spiro atoms. The summed E-state index contributed by atoms with van der Waals surface area (Å²) in [6, 6.07) is 0. The average molecular weight is 247 g/mol. The van der Waals surface area contributed by atoms with Crippen molar-refractivity contribution in [2.45, 2.75) is 31.8 Å². The van der Waals surface area contributed by atoms with E-state index in [9.17, 15) is 13.5 Å². The lowest BCUT2D eigenvalue weighted by molar-refractivity contribution is 0.0482. The molecule has 0 bridgehead atoms. The van der Waals surface area contributed by atoms with Crippen LogP contribution in [-0.2, 0) is 9.84 Å². The van der Waals surface area contributed by atoms with Gasteiger partial charge < -0.3 is 10.0 Å². The normalized spacial score (nSPS) is 36.1. The van der Waals surface area contributed by atoms with Gasteiger partial charge in [0.05, 0.1) is 17.6 Å². The predicted molar refractivity (Wildman–Crippen MR) is 63.1 cm³/mol. The van der Waals surface area contributed by atoms with E-state index < -0.39 is 9.84 Å². The first-order chi connectivity index (χ1) is 7.57. The van der Waals surface area contributed by atoms with Crippen LogP contribution in [0.4, 0.5) is 0 Å². The molecular formula is C11H21NO3S. The van der Waals surface area contributed by atoms with E-state index in [1.54, 1.807) is 0 Å². The third-order valence-electron chi connectivity index (χ3n) is 3.80. The van der Waals surface area contributed by atoms with Crippen molar-refractivity contribution in [2.24, 2.45) is 5.92 Å². The van der Waals surface area contributed by atoms with Gasteiger partial charge in [-0.1, -0.05) is 12.8 Å². The van der Waals surface area contributed by atoms with Crippen LogP contribution in [0.1, 0.15) is 25.7 Å². The highest BCUT2D eigenvalue weighted by Gasteiger charge is 2.28. The first-order valence-electron chi connectivity index (χ1n) is 6.18. The van der Waals surface area contributed by atoms with Gasteiger partial charge in [-0.2, -0.15) is 0 Å². The van der Waals surface area contributed by atoms with Crippen molar-refractivity contribution >= 4 is 9.84 Å². The molecule has 2 fully saturated rings. The standard InChI is InChI=1S/C11H21NO3S/c13-11-4-2-1-3-10(11)9-12-5-7-16(14,15)8-6-12/h10-11,13H,1-9H2. The van der Waals surface area contributed by atoms with E-state index in [0.29, 0.717) is 19.0 Å². The van der Waals surface area contributed by atoms with Crippen molar-refractivity contribution in [1.82, 2.24) is 4.90 Å². The van der Waals surface area contributed by atoms with E-state index in [4.69, 9.17) is 0 Å². The molecule has 16 heavy (non-hydrogen) atoms. The molecule has 4 nitrogen and oxygen atoms in total. The molecule has 0 radical (unpaired) electrons. The Hall–Kier alpha value is -0.130. The topological polar surface area (TPSA) is 57.6 Å². The van der Waals surface area contributed by atoms with Crippen molar-refractivity contribution in [3.63, 3.8) is 0 Å². The van der Waals surface area contributed by atoms with E-state index in [1.807, 2.05) is 0 Å². The van der Waals surface area contributed by atoms with Crippen LogP contribution in [0.5, 0.6) is 0 Å². The van der Waals surface area contributed by atoms with Crippen molar-refractivity contribution in [3.05, 3.63) is 0 Å². The Morgan fingerprint density at radius 1 is 1.12 bits per heavy atom. The Balaban J connectivity index is 1.82. The lowest BCUT2D eigenvalue weighted by atomic mass is 9.86. The Bertz CT molecular complexity index is 314. The molecule has 94 valence electrons. The molecule has 1 heterocycles. The highest BCUT2D eigenvalue weighted by Crippen LogP contribution is 2.25. The van der Waals surface area contributed by atoms with Gasteiger partial charge in [0.15, 0.2) is 9.84 Å². The number of rotatable bonds is 2. The second kappa shape index (κ2) is 5.02. The van der Waals surface area contributed by atoms with Gasteiger partial charge in [0.1, 0.15) is 0 Å². The summed E-state index contributed by atoms with van der Waals surface area (Å²) in [5.74, 6) is 0.931. The van der Waals surface area contributed by atoms with E-state index >= 15 is 0 Å². The van der Waals surface area contributed by atoms with Crippen molar-refractivity contribution in [2.75, 3.05) is 31.1 Å². The van der Waals surface area contributed by atoms with E-state index in [1.165, 1.54) is 6.42 Å². The molecule has 1 saturated carbocycles. The molecule has 1 saturated heterocycles. The monoisotopic (exact) mass is 247 g/mol. The van der Waals surface area contributed by atoms with Crippen LogP contribution in [0.25, 0.3) is 0 Å². The van der Waals surface area contributed by atoms with Crippen LogP contribution in [-0.4, -0.2) is 55.7 Å². The highest BCUT2D eigenvalue weighted by atomic mass is 32.2. The van der Waals surface area contributed by atoms with Crippen LogP contribution in [0, 0.1) is 5.92 Å². The molecule has 0 aromatic rings. The fourth-order valence-corrected chi connectivity index (χ4v) is 3.94. The summed E-state index contributed by atoms with van der Waals surface area (Å²) in [7, 11) is -2.77. The zero-order valence-corrected chi connectivity index (χ0v) is 10.5. The summed E-state index contributed by atoms with van der Waals surface area (Å²) in [6.07, 6.45) is 4.16. The SMILES string of the molecule is O=S1(=O)CCN(CC2CCCCC2O)CC1. The van der Waals surface area contributed by atoms with Gasteiger partial charge in [0.2, 0.25) is 0 Å². The van der Waals surface area contributed by atoms with Gasteiger partial charge in [-0.15, -0.1) is 0 Å². The molecule has 0 amide bonds. The van der Waals surface area contributed by atoms with Gasteiger partial charge in [-0.05, 0) is 18.8 Å². The van der Waals surface area contributed by atoms with Crippen molar-refractivity contribution in [3.8, 4) is 0 Å². The summed E-state index contributed by atoms with van der Waals surface area (Å²) >= 11 is 0. The first kappa shape index (κ1) is 12.3. The second-order valence-electron chi connectivity index (χ2n) is 5.06. The molecule has 1 aliphatic carbocycles. The molecule has 2 atom stereocenters. The van der Waals surface area contributed by atoms with E-state index in [-0.39, 0.29) is 17.6 Å². The lowest BCUT2D eigenvalue weighted by Gasteiger charge is -2.34. The molecule has 5 heteroatoms. The zero-order chi connectivity index (χ0) is 11.6. The summed E-state index contributed by atoms with van der Waals surface area (Å²) in [6.45, 7) is 2.16. The number of aliphatic hydroxyl groups excluding tert-OH is 1. The zero-order valence-electron chi connectivity index (χ0n) is 9.64. The summed E-state index contributed by atoms with van der Waals surface area (Å²) in [5.41, 5.74) is 0. The largest absolute Gasteiger partial charge is 0.393 e. The first-order valence-corrected chi connectivity index (χ1v) is 8.00. The molecule has 1 aliphatic heterocycles. The van der Waals surface area contributed by atoms with E-state index in [0.717, 1.165) is 25.8 Å². The minimum atomic E-state index is -2.77. The fourth-order valence-electron chi connectivity index (χ4n) is 2.67. The molecule has 0 aromatic carbocycles. The van der Waals surface area contributed by atoms with Gasteiger partial charge in [-0.25, -0.2) is 8.42 Å². The van der Waals surface area contributed by atoms with Gasteiger partial charge >= 0.3 is 0 Å². The van der Waals surface area contributed by atoms with Crippen molar-refractivity contribution in [1.29, 1.82) is 0 Å². The minimum absolute atomic E-state index is 0.174. The average Bonchev–Trinajstić information content (AvgIpc) is 2.24.